The van der Waals surface area contributed by atoms with Crippen molar-refractivity contribution in [3.8, 4) is 0 Å². The van der Waals surface area contributed by atoms with Crippen molar-refractivity contribution in [2.24, 2.45) is 5.73 Å². The second-order valence-electron chi connectivity index (χ2n) is 14.0. The van der Waals surface area contributed by atoms with Crippen LogP contribution in [0.2, 0.25) is 0 Å². The van der Waals surface area contributed by atoms with Crippen molar-refractivity contribution in [1.29, 1.82) is 0 Å². The van der Waals surface area contributed by atoms with Crippen LogP contribution < -0.4 is 5.73 Å². The topological polar surface area (TPSA) is 116 Å². The van der Waals surface area contributed by atoms with Crippen LogP contribution in [-0.4, -0.2) is 69.9 Å². The molecule has 1 amide bonds. The molecule has 0 saturated carbocycles. The SMILES string of the molecule is CCCCCCCCCCCCCCCCN(C(=O)CCCCCCCCCCCCCCC)[C@@H]1O[C@H](CO)[C@@H](O)[C@H](O)[C@H]1N. The number of amides is 1. The lowest BCUT2D eigenvalue weighted by Crippen LogP contribution is -2.67. The van der Waals surface area contributed by atoms with E-state index in [-0.39, 0.29) is 5.91 Å². The van der Waals surface area contributed by atoms with Gasteiger partial charge in [-0.1, -0.05) is 174 Å². The molecule has 1 aliphatic rings. The van der Waals surface area contributed by atoms with E-state index in [1.807, 2.05) is 0 Å². The Hall–Kier alpha value is -0.730. The third kappa shape index (κ3) is 20.3. The van der Waals surface area contributed by atoms with Crippen LogP contribution in [0.1, 0.15) is 194 Å². The van der Waals surface area contributed by atoms with E-state index in [1.54, 1.807) is 4.90 Å². The number of hydrogen-bond acceptors (Lipinski definition) is 6. The smallest absolute Gasteiger partial charge is 0.224 e. The average molecular weight is 641 g/mol. The zero-order chi connectivity index (χ0) is 33.0. The lowest BCUT2D eigenvalue weighted by atomic mass is 9.95. The molecule has 0 unspecified atom stereocenters. The highest BCUT2D eigenvalue weighted by atomic mass is 16.5. The first-order chi connectivity index (χ1) is 22.0. The van der Waals surface area contributed by atoms with E-state index in [1.165, 1.54) is 135 Å². The van der Waals surface area contributed by atoms with Crippen LogP contribution in [0.25, 0.3) is 0 Å². The standard InChI is InChI=1S/C38H76N2O5/c1-3-5-7-9-11-13-15-17-19-21-23-25-27-29-31-40(38-35(39)37(44)36(43)33(32-41)45-38)34(42)30-28-26-24-22-20-18-16-14-12-10-8-6-4-2/h33,35-38,41,43-44H,3-32,39H2,1-2H3/t33-,35-,36-,37-,38-/m1/s1. The molecule has 268 valence electrons. The van der Waals surface area contributed by atoms with Gasteiger partial charge in [0.15, 0.2) is 6.23 Å². The van der Waals surface area contributed by atoms with Gasteiger partial charge in [0.25, 0.3) is 0 Å². The van der Waals surface area contributed by atoms with Crippen LogP contribution in [0, 0.1) is 0 Å². The Morgan fingerprint density at radius 2 is 0.933 bits per heavy atom. The van der Waals surface area contributed by atoms with Gasteiger partial charge in [-0.15, -0.1) is 0 Å². The number of aliphatic hydroxyl groups is 3. The van der Waals surface area contributed by atoms with E-state index >= 15 is 0 Å². The molecule has 0 radical (unpaired) electrons. The minimum Gasteiger partial charge on any atom is -0.394 e. The Bertz CT molecular complexity index is 664. The van der Waals surface area contributed by atoms with Crippen molar-refractivity contribution in [1.82, 2.24) is 4.90 Å². The summed E-state index contributed by atoms with van der Waals surface area (Å²) >= 11 is 0. The van der Waals surface area contributed by atoms with Gasteiger partial charge < -0.3 is 30.7 Å². The minimum atomic E-state index is -1.26. The minimum absolute atomic E-state index is 0.00602. The Morgan fingerprint density at radius 1 is 0.578 bits per heavy atom. The van der Waals surface area contributed by atoms with Gasteiger partial charge in [0.05, 0.1) is 12.6 Å². The summed E-state index contributed by atoms with van der Waals surface area (Å²) in [5.74, 6) is -0.00602. The summed E-state index contributed by atoms with van der Waals surface area (Å²) in [6, 6.07) is -0.912. The van der Waals surface area contributed by atoms with Crippen LogP contribution in [0.15, 0.2) is 0 Å². The first kappa shape index (κ1) is 42.3. The maximum absolute atomic E-state index is 13.4. The number of carbonyl (C=O) groups is 1. The summed E-state index contributed by atoms with van der Waals surface area (Å²) in [6.45, 7) is 4.62. The van der Waals surface area contributed by atoms with E-state index in [9.17, 15) is 20.1 Å². The summed E-state index contributed by atoms with van der Waals surface area (Å²) in [4.78, 5) is 15.1. The second-order valence-corrected chi connectivity index (χ2v) is 14.0. The highest BCUT2D eigenvalue weighted by Crippen LogP contribution is 2.24. The summed E-state index contributed by atoms with van der Waals surface area (Å²) in [7, 11) is 0. The summed E-state index contributed by atoms with van der Waals surface area (Å²) in [5.41, 5.74) is 6.28. The number of nitrogens with two attached hydrogens (primary N) is 1. The Kier molecular flexibility index (Phi) is 27.6. The van der Waals surface area contributed by atoms with E-state index in [2.05, 4.69) is 13.8 Å². The van der Waals surface area contributed by atoms with Gasteiger partial charge in [0, 0.05) is 13.0 Å². The monoisotopic (exact) mass is 641 g/mol. The number of hydrogen-bond donors (Lipinski definition) is 4. The molecule has 1 aliphatic heterocycles. The van der Waals surface area contributed by atoms with Gasteiger partial charge in [-0.25, -0.2) is 0 Å². The average Bonchev–Trinajstić information content (AvgIpc) is 3.04. The number of nitrogens with zero attached hydrogens (tertiary/aromatic N) is 1. The van der Waals surface area contributed by atoms with Gasteiger partial charge in [0.2, 0.25) is 5.91 Å². The molecule has 1 heterocycles. The first-order valence-electron chi connectivity index (χ1n) is 19.6. The fraction of sp³-hybridized carbons (Fsp3) is 0.974. The third-order valence-corrected chi connectivity index (χ3v) is 9.82. The number of rotatable bonds is 31. The molecule has 0 spiro atoms. The first-order valence-corrected chi connectivity index (χ1v) is 19.6. The Morgan fingerprint density at radius 3 is 1.31 bits per heavy atom. The summed E-state index contributed by atoms with van der Waals surface area (Å²) < 4.78 is 5.92. The fourth-order valence-corrected chi connectivity index (χ4v) is 6.71. The van der Waals surface area contributed by atoms with Gasteiger partial charge in [-0.3, -0.25) is 4.79 Å². The van der Waals surface area contributed by atoms with Gasteiger partial charge in [0.1, 0.15) is 18.3 Å². The number of aliphatic hydroxyl groups excluding tert-OH is 3. The number of ether oxygens (including phenoxy) is 1. The molecule has 0 aliphatic carbocycles. The molecule has 1 rings (SSSR count). The quantitative estimate of drug-likeness (QED) is 0.0565. The number of unbranched alkanes of at least 4 members (excludes halogenated alkanes) is 25. The maximum atomic E-state index is 13.4. The molecule has 7 heteroatoms. The second kappa shape index (κ2) is 29.4. The van der Waals surface area contributed by atoms with Crippen molar-refractivity contribution in [3.05, 3.63) is 0 Å². The molecule has 1 fully saturated rings. The van der Waals surface area contributed by atoms with E-state index in [0.29, 0.717) is 13.0 Å². The molecule has 5 atom stereocenters. The molecule has 45 heavy (non-hydrogen) atoms. The van der Waals surface area contributed by atoms with Crippen molar-refractivity contribution in [2.45, 2.75) is 224 Å². The highest BCUT2D eigenvalue weighted by Gasteiger charge is 2.45. The van der Waals surface area contributed by atoms with Crippen LogP contribution in [0.3, 0.4) is 0 Å². The number of carbonyl (C=O) groups excluding carboxylic acids is 1. The molecule has 0 aromatic rings. The van der Waals surface area contributed by atoms with Gasteiger partial charge in [-0.05, 0) is 12.8 Å². The predicted molar refractivity (Wildman–Crippen MR) is 188 cm³/mol. The van der Waals surface area contributed by atoms with Gasteiger partial charge in [-0.2, -0.15) is 0 Å². The highest BCUT2D eigenvalue weighted by molar-refractivity contribution is 5.76. The van der Waals surface area contributed by atoms with Crippen LogP contribution in [0.5, 0.6) is 0 Å². The zero-order valence-corrected chi connectivity index (χ0v) is 29.8. The normalized spacial score (nSPS) is 21.8. The van der Waals surface area contributed by atoms with Crippen molar-refractivity contribution in [2.75, 3.05) is 13.2 Å². The largest absolute Gasteiger partial charge is 0.394 e. The van der Waals surface area contributed by atoms with Crippen LogP contribution >= 0.6 is 0 Å². The Labute approximate surface area is 278 Å². The molecule has 0 aromatic carbocycles. The Balaban J connectivity index is 2.34. The van der Waals surface area contributed by atoms with Crippen LogP contribution in [-0.2, 0) is 9.53 Å². The van der Waals surface area contributed by atoms with Crippen molar-refractivity contribution >= 4 is 5.91 Å². The van der Waals surface area contributed by atoms with E-state index in [4.69, 9.17) is 10.5 Å². The van der Waals surface area contributed by atoms with Crippen LogP contribution in [0.4, 0.5) is 0 Å². The molecule has 7 nitrogen and oxygen atoms in total. The lowest BCUT2D eigenvalue weighted by molar-refractivity contribution is -0.226. The zero-order valence-electron chi connectivity index (χ0n) is 29.8. The molecule has 0 bridgehead atoms. The van der Waals surface area contributed by atoms with Crippen molar-refractivity contribution < 1.29 is 24.9 Å². The fourth-order valence-electron chi connectivity index (χ4n) is 6.71. The van der Waals surface area contributed by atoms with E-state index in [0.717, 1.165) is 38.5 Å². The van der Waals surface area contributed by atoms with Gasteiger partial charge >= 0.3 is 0 Å². The molecular weight excluding hydrogens is 564 g/mol. The molecular formula is C38H76N2O5. The molecule has 5 N–H and O–H groups in total. The third-order valence-electron chi connectivity index (χ3n) is 9.82. The van der Waals surface area contributed by atoms with E-state index < -0.39 is 37.2 Å². The maximum Gasteiger partial charge on any atom is 0.224 e. The van der Waals surface area contributed by atoms with Crippen molar-refractivity contribution in [3.63, 3.8) is 0 Å². The summed E-state index contributed by atoms with van der Waals surface area (Å²) in [6.07, 6.45) is 30.3. The summed E-state index contributed by atoms with van der Waals surface area (Å²) in [5, 5.41) is 30.5. The predicted octanol–water partition coefficient (Wildman–Crippen LogP) is 8.54. The molecule has 1 saturated heterocycles. The lowest BCUT2D eigenvalue weighted by Gasteiger charge is -2.45. The molecule has 0 aromatic heterocycles.